The summed E-state index contributed by atoms with van der Waals surface area (Å²) in [4.78, 5) is 9.68. The molecule has 0 amide bonds. The number of guanidine groups is 1. The fourth-order valence-corrected chi connectivity index (χ4v) is 2.63. The summed E-state index contributed by atoms with van der Waals surface area (Å²) in [5.74, 6) is 1.63. The first-order chi connectivity index (χ1) is 10.2. The summed E-state index contributed by atoms with van der Waals surface area (Å²) in [7, 11) is 3.44. The second-order valence-corrected chi connectivity index (χ2v) is 5.39. The highest BCUT2D eigenvalue weighted by atomic mass is 32.1. The molecule has 0 bridgehead atoms. The first-order valence-electron chi connectivity index (χ1n) is 6.70. The van der Waals surface area contributed by atoms with E-state index >= 15 is 0 Å². The van der Waals surface area contributed by atoms with Crippen molar-refractivity contribution in [2.24, 2.45) is 4.99 Å². The Kier molecular flexibility index (Phi) is 5.57. The van der Waals surface area contributed by atoms with Gasteiger partial charge in [0.1, 0.15) is 5.75 Å². The molecule has 1 aromatic carbocycles. The molecule has 0 atom stereocenters. The summed E-state index contributed by atoms with van der Waals surface area (Å²) in [5, 5.41) is 6.57. The third kappa shape index (κ3) is 4.19. The van der Waals surface area contributed by atoms with Gasteiger partial charge >= 0.3 is 0 Å². The van der Waals surface area contributed by atoms with Crippen molar-refractivity contribution in [1.82, 2.24) is 15.6 Å². The van der Waals surface area contributed by atoms with Crippen molar-refractivity contribution in [2.75, 3.05) is 14.2 Å². The molecule has 112 valence electrons. The third-order valence-corrected chi connectivity index (χ3v) is 4.06. The maximum Gasteiger partial charge on any atom is 0.191 e. The van der Waals surface area contributed by atoms with Crippen LogP contribution in [0.2, 0.25) is 0 Å². The Morgan fingerprint density at radius 2 is 2.05 bits per heavy atom. The number of benzene rings is 1. The number of nitrogens with zero attached hydrogens (tertiary/aromatic N) is 2. The molecule has 1 heterocycles. The van der Waals surface area contributed by atoms with Gasteiger partial charge in [-0.1, -0.05) is 18.2 Å². The molecule has 5 nitrogen and oxygen atoms in total. The molecule has 0 saturated heterocycles. The van der Waals surface area contributed by atoms with Crippen molar-refractivity contribution >= 4 is 17.3 Å². The summed E-state index contributed by atoms with van der Waals surface area (Å²) in [6, 6.07) is 7.94. The fraction of sp³-hybridized carbons (Fsp3) is 0.333. The minimum atomic E-state index is 0.658. The summed E-state index contributed by atoms with van der Waals surface area (Å²) >= 11 is 1.65. The van der Waals surface area contributed by atoms with Gasteiger partial charge in [-0.05, 0) is 13.0 Å². The van der Waals surface area contributed by atoms with Crippen molar-refractivity contribution in [3.05, 3.63) is 45.9 Å². The molecule has 0 aliphatic heterocycles. The van der Waals surface area contributed by atoms with E-state index in [2.05, 4.69) is 20.6 Å². The zero-order chi connectivity index (χ0) is 15.1. The van der Waals surface area contributed by atoms with E-state index < -0.39 is 0 Å². The highest BCUT2D eigenvalue weighted by Crippen LogP contribution is 2.16. The normalized spacial score (nSPS) is 11.3. The molecule has 0 fully saturated rings. The number of hydrogen-bond acceptors (Lipinski definition) is 4. The largest absolute Gasteiger partial charge is 0.496 e. The second-order valence-electron chi connectivity index (χ2n) is 4.45. The predicted molar refractivity (Wildman–Crippen MR) is 86.9 cm³/mol. The van der Waals surface area contributed by atoms with Gasteiger partial charge in [0.15, 0.2) is 5.96 Å². The van der Waals surface area contributed by atoms with E-state index in [4.69, 9.17) is 4.74 Å². The molecular weight excluding hydrogens is 284 g/mol. The predicted octanol–water partition coefficient (Wildman–Crippen LogP) is 2.33. The monoisotopic (exact) mass is 304 g/mol. The molecule has 6 heteroatoms. The van der Waals surface area contributed by atoms with Gasteiger partial charge in [0.2, 0.25) is 0 Å². The SMILES string of the molecule is CN=C(NCc1ccccc1OC)NCc1scnc1C. The number of aryl methyl sites for hydroxylation is 1. The number of aromatic nitrogens is 1. The van der Waals surface area contributed by atoms with E-state index in [0.717, 1.165) is 29.5 Å². The lowest BCUT2D eigenvalue weighted by Crippen LogP contribution is -2.36. The molecule has 0 unspecified atom stereocenters. The maximum absolute atomic E-state index is 5.34. The Hall–Kier alpha value is -2.08. The zero-order valence-corrected chi connectivity index (χ0v) is 13.3. The van der Waals surface area contributed by atoms with Crippen LogP contribution < -0.4 is 15.4 Å². The van der Waals surface area contributed by atoms with Crippen LogP contribution in [-0.2, 0) is 13.1 Å². The third-order valence-electron chi connectivity index (χ3n) is 3.12. The van der Waals surface area contributed by atoms with Crippen LogP contribution in [0.15, 0.2) is 34.8 Å². The summed E-state index contributed by atoms with van der Waals surface area (Å²) in [6.45, 7) is 3.39. The van der Waals surface area contributed by atoms with Crippen molar-refractivity contribution < 1.29 is 4.74 Å². The van der Waals surface area contributed by atoms with Gasteiger partial charge in [0.25, 0.3) is 0 Å². The van der Waals surface area contributed by atoms with Gasteiger partial charge < -0.3 is 15.4 Å². The molecule has 0 aliphatic carbocycles. The van der Waals surface area contributed by atoms with Gasteiger partial charge in [-0.2, -0.15) is 0 Å². The second kappa shape index (κ2) is 7.64. The molecule has 1 aromatic heterocycles. The first-order valence-corrected chi connectivity index (χ1v) is 7.58. The number of nitrogens with one attached hydrogen (secondary N) is 2. The van der Waals surface area contributed by atoms with Crippen molar-refractivity contribution in [3.63, 3.8) is 0 Å². The van der Waals surface area contributed by atoms with Crippen LogP contribution in [0.3, 0.4) is 0 Å². The topological polar surface area (TPSA) is 58.5 Å². The molecule has 2 N–H and O–H groups in total. The maximum atomic E-state index is 5.34. The molecule has 0 saturated carbocycles. The number of methoxy groups -OCH3 is 1. The zero-order valence-electron chi connectivity index (χ0n) is 12.5. The number of hydrogen-bond donors (Lipinski definition) is 2. The molecule has 0 aliphatic rings. The van der Waals surface area contributed by atoms with E-state index in [9.17, 15) is 0 Å². The average molecular weight is 304 g/mol. The highest BCUT2D eigenvalue weighted by Gasteiger charge is 2.05. The molecular formula is C15H20N4OS. The molecule has 2 rings (SSSR count). The number of thiazole rings is 1. The quantitative estimate of drug-likeness (QED) is 0.657. The lowest BCUT2D eigenvalue weighted by molar-refractivity contribution is 0.409. The van der Waals surface area contributed by atoms with Crippen molar-refractivity contribution in [1.29, 1.82) is 0 Å². The van der Waals surface area contributed by atoms with Crippen LogP contribution in [0.1, 0.15) is 16.1 Å². The standard InChI is InChI=1S/C15H20N4OS/c1-11-14(21-10-19-11)9-18-15(16-2)17-8-12-6-4-5-7-13(12)20-3/h4-7,10H,8-9H2,1-3H3,(H2,16,17,18). The van der Waals surface area contributed by atoms with Crippen molar-refractivity contribution in [2.45, 2.75) is 20.0 Å². The lowest BCUT2D eigenvalue weighted by atomic mass is 10.2. The van der Waals surface area contributed by atoms with Crippen molar-refractivity contribution in [3.8, 4) is 5.75 Å². The molecule has 0 radical (unpaired) electrons. The van der Waals surface area contributed by atoms with Crippen LogP contribution in [0.4, 0.5) is 0 Å². The number of aliphatic imine (C=N–C) groups is 1. The Balaban J connectivity index is 1.90. The minimum absolute atomic E-state index is 0.658. The fourth-order valence-electron chi connectivity index (χ4n) is 1.91. The number of para-hydroxylation sites is 1. The minimum Gasteiger partial charge on any atom is -0.496 e. The van der Waals surface area contributed by atoms with Gasteiger partial charge in [-0.25, -0.2) is 4.98 Å². The van der Waals surface area contributed by atoms with Crippen LogP contribution in [0.5, 0.6) is 5.75 Å². The Morgan fingerprint density at radius 1 is 1.29 bits per heavy atom. The van der Waals surface area contributed by atoms with Gasteiger partial charge in [-0.3, -0.25) is 4.99 Å². The molecule has 0 spiro atoms. The van der Waals surface area contributed by atoms with E-state index in [0.29, 0.717) is 6.54 Å². The summed E-state index contributed by atoms with van der Waals surface area (Å²) < 4.78 is 5.34. The average Bonchev–Trinajstić information content (AvgIpc) is 2.93. The molecule has 2 aromatic rings. The van der Waals surface area contributed by atoms with Gasteiger partial charge in [0, 0.05) is 24.0 Å². The summed E-state index contributed by atoms with van der Waals surface area (Å²) in [5.41, 5.74) is 4.02. The van der Waals surface area contributed by atoms with E-state index in [-0.39, 0.29) is 0 Å². The van der Waals surface area contributed by atoms with Gasteiger partial charge in [0.05, 0.1) is 24.9 Å². The molecule has 21 heavy (non-hydrogen) atoms. The Labute approximate surface area is 129 Å². The highest BCUT2D eigenvalue weighted by molar-refractivity contribution is 7.09. The smallest absolute Gasteiger partial charge is 0.191 e. The summed E-state index contributed by atoms with van der Waals surface area (Å²) in [6.07, 6.45) is 0. The van der Waals surface area contributed by atoms with Crippen LogP contribution >= 0.6 is 11.3 Å². The first kappa shape index (κ1) is 15.3. The Morgan fingerprint density at radius 3 is 2.71 bits per heavy atom. The van der Waals surface area contributed by atoms with Crippen LogP contribution in [0, 0.1) is 6.92 Å². The van der Waals surface area contributed by atoms with Gasteiger partial charge in [-0.15, -0.1) is 11.3 Å². The van der Waals surface area contributed by atoms with Crippen LogP contribution in [0.25, 0.3) is 0 Å². The number of ether oxygens (including phenoxy) is 1. The van der Waals surface area contributed by atoms with E-state index in [1.54, 1.807) is 25.5 Å². The van der Waals surface area contributed by atoms with Crippen LogP contribution in [-0.4, -0.2) is 25.1 Å². The van der Waals surface area contributed by atoms with E-state index in [1.165, 1.54) is 4.88 Å². The van der Waals surface area contributed by atoms with E-state index in [1.807, 2.05) is 36.7 Å². The Bertz CT molecular complexity index is 609. The lowest BCUT2D eigenvalue weighted by Gasteiger charge is -2.13. The number of rotatable bonds is 5.